The molecule has 1 aliphatic heterocycles. The maximum absolute atomic E-state index is 12.0. The van der Waals surface area contributed by atoms with Crippen LogP contribution in [0.25, 0.3) is 0 Å². The Balaban J connectivity index is 1.84. The standard InChI is InChI=1S/C16H23N3O2/c1-3-13-4-6-14(7-5-13)12(2)18-16(21)11-19-9-8-17-15(20)10-19/h4-7,12H,3,8-11H2,1-2H3,(H,17,20)(H,18,21)/t12-/m0/s1. The summed E-state index contributed by atoms with van der Waals surface area (Å²) in [7, 11) is 0. The minimum Gasteiger partial charge on any atom is -0.354 e. The maximum atomic E-state index is 12.0. The Morgan fingerprint density at radius 1 is 1.38 bits per heavy atom. The van der Waals surface area contributed by atoms with Gasteiger partial charge in [-0.15, -0.1) is 0 Å². The van der Waals surface area contributed by atoms with E-state index >= 15 is 0 Å². The fraction of sp³-hybridized carbons (Fsp3) is 0.500. The van der Waals surface area contributed by atoms with E-state index < -0.39 is 0 Å². The monoisotopic (exact) mass is 289 g/mol. The number of nitrogens with zero attached hydrogens (tertiary/aromatic N) is 1. The molecule has 1 aromatic carbocycles. The zero-order valence-electron chi connectivity index (χ0n) is 12.7. The summed E-state index contributed by atoms with van der Waals surface area (Å²) in [5.41, 5.74) is 2.38. The number of benzene rings is 1. The molecule has 1 aromatic rings. The Labute approximate surface area is 125 Å². The minimum atomic E-state index is -0.0447. The molecule has 2 amide bonds. The number of piperazine rings is 1. The normalized spacial score (nSPS) is 17.1. The summed E-state index contributed by atoms with van der Waals surface area (Å²) in [6, 6.07) is 8.26. The van der Waals surface area contributed by atoms with Crippen LogP contribution in [0.4, 0.5) is 0 Å². The average molecular weight is 289 g/mol. The van der Waals surface area contributed by atoms with Crippen molar-refractivity contribution in [3.63, 3.8) is 0 Å². The summed E-state index contributed by atoms with van der Waals surface area (Å²) in [4.78, 5) is 25.2. The molecule has 0 aromatic heterocycles. The first-order valence-electron chi connectivity index (χ1n) is 7.45. The van der Waals surface area contributed by atoms with Gasteiger partial charge in [0.1, 0.15) is 0 Å². The molecule has 0 radical (unpaired) electrons. The zero-order valence-corrected chi connectivity index (χ0v) is 12.7. The van der Waals surface area contributed by atoms with Crippen molar-refractivity contribution in [1.82, 2.24) is 15.5 Å². The van der Waals surface area contributed by atoms with Crippen LogP contribution < -0.4 is 10.6 Å². The lowest BCUT2D eigenvalue weighted by molar-refractivity contribution is -0.127. The van der Waals surface area contributed by atoms with E-state index in [-0.39, 0.29) is 24.4 Å². The molecule has 0 saturated carbocycles. The largest absolute Gasteiger partial charge is 0.354 e. The molecule has 1 heterocycles. The van der Waals surface area contributed by atoms with Gasteiger partial charge in [0.15, 0.2) is 0 Å². The Kier molecular flexibility index (Phi) is 5.33. The van der Waals surface area contributed by atoms with Gasteiger partial charge in [-0.1, -0.05) is 31.2 Å². The van der Waals surface area contributed by atoms with E-state index in [1.165, 1.54) is 5.56 Å². The number of nitrogens with one attached hydrogen (secondary N) is 2. The number of carbonyl (C=O) groups is 2. The SMILES string of the molecule is CCc1ccc([C@H](C)NC(=O)CN2CCNC(=O)C2)cc1. The number of amides is 2. The molecule has 5 heteroatoms. The van der Waals surface area contributed by atoms with Crippen LogP contribution in [0.3, 0.4) is 0 Å². The van der Waals surface area contributed by atoms with Crippen LogP contribution in [-0.2, 0) is 16.0 Å². The number of rotatable bonds is 5. The molecule has 0 unspecified atom stereocenters. The molecule has 2 rings (SSSR count). The summed E-state index contributed by atoms with van der Waals surface area (Å²) in [6.07, 6.45) is 1.01. The summed E-state index contributed by atoms with van der Waals surface area (Å²) in [5, 5.41) is 5.73. The molecule has 0 aliphatic carbocycles. The van der Waals surface area contributed by atoms with Crippen molar-refractivity contribution in [3.05, 3.63) is 35.4 Å². The molecule has 1 aliphatic rings. The van der Waals surface area contributed by atoms with E-state index in [1.54, 1.807) is 0 Å². The van der Waals surface area contributed by atoms with Crippen LogP contribution in [0.2, 0.25) is 0 Å². The van der Waals surface area contributed by atoms with Crippen LogP contribution in [0.15, 0.2) is 24.3 Å². The lowest BCUT2D eigenvalue weighted by Gasteiger charge is -2.26. The Morgan fingerprint density at radius 2 is 2.10 bits per heavy atom. The summed E-state index contributed by atoms with van der Waals surface area (Å²) < 4.78 is 0. The Hall–Kier alpha value is -1.88. The first-order chi connectivity index (χ1) is 10.1. The van der Waals surface area contributed by atoms with Crippen molar-refractivity contribution in [3.8, 4) is 0 Å². The van der Waals surface area contributed by atoms with Crippen molar-refractivity contribution in [2.75, 3.05) is 26.2 Å². The van der Waals surface area contributed by atoms with E-state index in [0.717, 1.165) is 18.5 Å². The van der Waals surface area contributed by atoms with Gasteiger partial charge in [0.2, 0.25) is 11.8 Å². The number of carbonyl (C=O) groups excluding carboxylic acids is 2. The molecule has 0 bridgehead atoms. The summed E-state index contributed by atoms with van der Waals surface area (Å²) in [6.45, 7) is 5.99. The van der Waals surface area contributed by atoms with Crippen LogP contribution in [-0.4, -0.2) is 42.9 Å². The second kappa shape index (κ2) is 7.22. The number of hydrogen-bond donors (Lipinski definition) is 2. The van der Waals surface area contributed by atoms with Crippen molar-refractivity contribution < 1.29 is 9.59 Å². The highest BCUT2D eigenvalue weighted by Crippen LogP contribution is 2.13. The minimum absolute atomic E-state index is 0.0164. The maximum Gasteiger partial charge on any atom is 0.234 e. The van der Waals surface area contributed by atoms with Gasteiger partial charge in [0, 0.05) is 13.1 Å². The predicted molar refractivity (Wildman–Crippen MR) is 81.8 cm³/mol. The summed E-state index contributed by atoms with van der Waals surface area (Å²) in [5.74, 6) is -0.0611. The highest BCUT2D eigenvalue weighted by Gasteiger charge is 2.19. The first-order valence-corrected chi connectivity index (χ1v) is 7.45. The van der Waals surface area contributed by atoms with Gasteiger partial charge >= 0.3 is 0 Å². The third-order valence-electron chi connectivity index (χ3n) is 3.75. The molecule has 1 saturated heterocycles. The van der Waals surface area contributed by atoms with Crippen molar-refractivity contribution in [2.45, 2.75) is 26.3 Å². The van der Waals surface area contributed by atoms with E-state index in [0.29, 0.717) is 13.1 Å². The molecule has 1 atom stereocenters. The van der Waals surface area contributed by atoms with Crippen LogP contribution >= 0.6 is 0 Å². The van der Waals surface area contributed by atoms with Crippen molar-refractivity contribution in [2.24, 2.45) is 0 Å². The molecule has 1 fully saturated rings. The van der Waals surface area contributed by atoms with Crippen LogP contribution in [0.1, 0.15) is 31.0 Å². The zero-order chi connectivity index (χ0) is 15.2. The molecule has 2 N–H and O–H groups in total. The smallest absolute Gasteiger partial charge is 0.234 e. The van der Waals surface area contributed by atoms with Crippen LogP contribution in [0, 0.1) is 0 Å². The molecule has 0 spiro atoms. The van der Waals surface area contributed by atoms with Gasteiger partial charge < -0.3 is 10.6 Å². The second-order valence-corrected chi connectivity index (χ2v) is 5.44. The van der Waals surface area contributed by atoms with Gasteiger partial charge in [0.05, 0.1) is 19.1 Å². The second-order valence-electron chi connectivity index (χ2n) is 5.44. The van der Waals surface area contributed by atoms with E-state index in [1.807, 2.05) is 11.8 Å². The number of aryl methyl sites for hydroxylation is 1. The van der Waals surface area contributed by atoms with E-state index in [9.17, 15) is 9.59 Å². The molecule has 5 nitrogen and oxygen atoms in total. The molecule has 114 valence electrons. The van der Waals surface area contributed by atoms with Gasteiger partial charge in [-0.2, -0.15) is 0 Å². The van der Waals surface area contributed by atoms with Crippen LogP contribution in [0.5, 0.6) is 0 Å². The van der Waals surface area contributed by atoms with Gasteiger partial charge in [-0.3, -0.25) is 14.5 Å². The Morgan fingerprint density at radius 3 is 2.71 bits per heavy atom. The van der Waals surface area contributed by atoms with E-state index in [4.69, 9.17) is 0 Å². The van der Waals surface area contributed by atoms with Gasteiger partial charge in [-0.05, 0) is 24.5 Å². The topological polar surface area (TPSA) is 61.4 Å². The molecular weight excluding hydrogens is 266 g/mol. The highest BCUT2D eigenvalue weighted by molar-refractivity contribution is 5.82. The lowest BCUT2D eigenvalue weighted by atomic mass is 10.1. The quantitative estimate of drug-likeness (QED) is 0.845. The molecule has 21 heavy (non-hydrogen) atoms. The third kappa shape index (κ3) is 4.56. The fourth-order valence-electron chi connectivity index (χ4n) is 2.44. The predicted octanol–water partition coefficient (Wildman–Crippen LogP) is 0.858. The lowest BCUT2D eigenvalue weighted by Crippen LogP contribution is -2.50. The third-order valence-corrected chi connectivity index (χ3v) is 3.75. The Bertz CT molecular complexity index is 499. The fourth-order valence-corrected chi connectivity index (χ4v) is 2.44. The molecular formula is C16H23N3O2. The highest BCUT2D eigenvalue weighted by atomic mass is 16.2. The van der Waals surface area contributed by atoms with Crippen molar-refractivity contribution in [1.29, 1.82) is 0 Å². The number of hydrogen-bond acceptors (Lipinski definition) is 3. The average Bonchev–Trinajstić information content (AvgIpc) is 2.47. The van der Waals surface area contributed by atoms with Gasteiger partial charge in [0.25, 0.3) is 0 Å². The van der Waals surface area contributed by atoms with Crippen molar-refractivity contribution >= 4 is 11.8 Å². The summed E-state index contributed by atoms with van der Waals surface area (Å²) >= 11 is 0. The van der Waals surface area contributed by atoms with Gasteiger partial charge in [-0.25, -0.2) is 0 Å². The first kappa shape index (κ1) is 15.5. The van der Waals surface area contributed by atoms with E-state index in [2.05, 4.69) is 41.8 Å².